The van der Waals surface area contributed by atoms with Crippen LogP contribution < -0.4 is 5.32 Å². The van der Waals surface area contributed by atoms with Crippen molar-refractivity contribution in [2.45, 2.75) is 39.2 Å². The molecule has 1 aromatic heterocycles. The lowest BCUT2D eigenvalue weighted by molar-refractivity contribution is -0.137. The molecule has 0 aliphatic rings. The number of benzene rings is 2. The third-order valence-corrected chi connectivity index (χ3v) is 5.24. The summed E-state index contributed by atoms with van der Waals surface area (Å²) in [7, 11) is 0. The molecule has 0 aliphatic heterocycles. The minimum absolute atomic E-state index is 0.00610. The molecule has 1 amide bonds. The molecule has 0 saturated heterocycles. The van der Waals surface area contributed by atoms with Crippen LogP contribution in [0.4, 0.5) is 23.0 Å². The van der Waals surface area contributed by atoms with Gasteiger partial charge in [0.1, 0.15) is 22.8 Å². The predicted octanol–water partition coefficient (Wildman–Crippen LogP) is 7.14. The first kappa shape index (κ1) is 24.3. The highest BCUT2D eigenvalue weighted by molar-refractivity contribution is 7.15. The summed E-state index contributed by atoms with van der Waals surface area (Å²) in [5.41, 5.74) is -0.0332. The lowest BCUT2D eigenvalue weighted by Gasteiger charge is -2.19. The second-order valence-electron chi connectivity index (χ2n) is 8.12. The van der Waals surface area contributed by atoms with Gasteiger partial charge in [0.05, 0.1) is 5.56 Å². The average molecular weight is 478 g/mol. The van der Waals surface area contributed by atoms with E-state index in [0.29, 0.717) is 11.1 Å². The molecule has 174 valence electrons. The minimum atomic E-state index is -4.48. The van der Waals surface area contributed by atoms with Crippen molar-refractivity contribution in [1.82, 2.24) is 0 Å². The monoisotopic (exact) mass is 477 g/mol. The van der Waals surface area contributed by atoms with E-state index in [4.69, 9.17) is 9.47 Å². The number of esters is 1. The third kappa shape index (κ3) is 6.58. The van der Waals surface area contributed by atoms with E-state index in [0.717, 1.165) is 29.0 Å². The van der Waals surface area contributed by atoms with Gasteiger partial charge in [-0.2, -0.15) is 13.2 Å². The number of anilines is 1. The van der Waals surface area contributed by atoms with Crippen molar-refractivity contribution in [3.8, 4) is 11.1 Å². The predicted molar refractivity (Wildman–Crippen MR) is 120 cm³/mol. The molecule has 2 aromatic carbocycles. The first-order valence-corrected chi connectivity index (χ1v) is 10.8. The van der Waals surface area contributed by atoms with Gasteiger partial charge in [-0.1, -0.05) is 42.5 Å². The van der Waals surface area contributed by atoms with Gasteiger partial charge in [-0.3, -0.25) is 5.32 Å². The first-order valence-electron chi connectivity index (χ1n) is 9.94. The fourth-order valence-electron chi connectivity index (χ4n) is 2.90. The van der Waals surface area contributed by atoms with Gasteiger partial charge in [0.2, 0.25) is 0 Å². The molecule has 33 heavy (non-hydrogen) atoms. The largest absolute Gasteiger partial charge is 0.457 e. The molecule has 3 aromatic rings. The molecule has 0 bridgehead atoms. The van der Waals surface area contributed by atoms with Crippen molar-refractivity contribution >= 4 is 28.4 Å². The molecule has 0 atom stereocenters. The Morgan fingerprint density at radius 2 is 1.61 bits per heavy atom. The van der Waals surface area contributed by atoms with Crippen LogP contribution in [0.25, 0.3) is 11.1 Å². The van der Waals surface area contributed by atoms with Crippen LogP contribution in [0.1, 0.15) is 42.3 Å². The van der Waals surface area contributed by atoms with Gasteiger partial charge in [-0.15, -0.1) is 11.3 Å². The fourth-order valence-corrected chi connectivity index (χ4v) is 3.84. The number of ether oxygens (including phenoxy) is 2. The Morgan fingerprint density at radius 3 is 2.18 bits per heavy atom. The topological polar surface area (TPSA) is 64.6 Å². The maximum Gasteiger partial charge on any atom is 0.416 e. The number of rotatable bonds is 5. The van der Waals surface area contributed by atoms with E-state index in [1.807, 2.05) is 6.07 Å². The molecule has 0 spiro atoms. The normalized spacial score (nSPS) is 11.7. The van der Waals surface area contributed by atoms with Crippen molar-refractivity contribution < 1.29 is 32.2 Å². The third-order valence-electron chi connectivity index (χ3n) is 4.35. The van der Waals surface area contributed by atoms with Gasteiger partial charge in [0.25, 0.3) is 0 Å². The summed E-state index contributed by atoms with van der Waals surface area (Å²) in [6.45, 7) is 5.09. The van der Waals surface area contributed by atoms with Crippen LogP contribution in [0.5, 0.6) is 0 Å². The molecule has 0 radical (unpaired) electrons. The Kier molecular flexibility index (Phi) is 7.12. The summed E-state index contributed by atoms with van der Waals surface area (Å²) in [6, 6.07) is 13.4. The van der Waals surface area contributed by atoms with E-state index in [9.17, 15) is 22.8 Å². The quantitative estimate of drug-likeness (QED) is 0.397. The zero-order valence-electron chi connectivity index (χ0n) is 18.2. The second-order valence-corrected chi connectivity index (χ2v) is 9.00. The van der Waals surface area contributed by atoms with Gasteiger partial charge in [-0.25, -0.2) is 9.59 Å². The number of hydrogen-bond donors (Lipinski definition) is 1. The summed E-state index contributed by atoms with van der Waals surface area (Å²) >= 11 is 1.05. The number of thiophene rings is 1. The van der Waals surface area contributed by atoms with Crippen molar-refractivity contribution in [1.29, 1.82) is 0 Å². The van der Waals surface area contributed by atoms with Crippen LogP contribution in [-0.2, 0) is 22.3 Å². The molecule has 5 nitrogen and oxygen atoms in total. The Hall–Kier alpha value is -3.33. The molecular weight excluding hydrogens is 455 g/mol. The smallest absolute Gasteiger partial charge is 0.416 e. The van der Waals surface area contributed by atoms with E-state index < -0.39 is 29.4 Å². The number of carbonyl (C=O) groups is 2. The minimum Gasteiger partial charge on any atom is -0.457 e. The molecule has 0 unspecified atom stereocenters. The zero-order valence-corrected chi connectivity index (χ0v) is 19.0. The maximum absolute atomic E-state index is 13.0. The molecule has 0 aliphatic carbocycles. The Bertz CT molecular complexity index is 1120. The summed E-state index contributed by atoms with van der Waals surface area (Å²) in [5.74, 6) is -0.721. The SMILES string of the molecule is CC(C)(C)OC(=O)Nc1scc(-c2ccc(C(F)(F)F)cc2)c1C(=O)OCc1ccccc1. The number of nitrogens with one attached hydrogen (secondary N) is 1. The van der Waals surface area contributed by atoms with Crippen LogP contribution in [0.2, 0.25) is 0 Å². The molecule has 1 N–H and O–H groups in total. The van der Waals surface area contributed by atoms with Gasteiger partial charge in [0, 0.05) is 10.9 Å². The Balaban J connectivity index is 1.92. The van der Waals surface area contributed by atoms with E-state index in [1.165, 1.54) is 12.1 Å². The fraction of sp³-hybridized carbons (Fsp3) is 0.250. The van der Waals surface area contributed by atoms with E-state index in [2.05, 4.69) is 5.32 Å². The standard InChI is InChI=1S/C24H22F3NO4S/c1-23(2,3)32-22(30)28-20-19(21(29)31-13-15-7-5-4-6-8-15)18(14-33-20)16-9-11-17(12-10-16)24(25,26)27/h4-12,14H,13H2,1-3H3,(H,28,30). The van der Waals surface area contributed by atoms with E-state index in [-0.39, 0.29) is 17.2 Å². The molecule has 1 heterocycles. The summed E-state index contributed by atoms with van der Waals surface area (Å²) in [6.07, 6.45) is -5.24. The molecule has 0 saturated carbocycles. The molecular formula is C24H22F3NO4S. The number of carbonyl (C=O) groups excluding carboxylic acids is 2. The van der Waals surface area contributed by atoms with Gasteiger partial charge in [0.15, 0.2) is 0 Å². The van der Waals surface area contributed by atoms with E-state index in [1.54, 1.807) is 50.4 Å². The Labute approximate surface area is 193 Å². The number of hydrogen-bond acceptors (Lipinski definition) is 5. The highest BCUT2D eigenvalue weighted by atomic mass is 32.1. The van der Waals surface area contributed by atoms with Crippen molar-refractivity contribution in [3.63, 3.8) is 0 Å². The van der Waals surface area contributed by atoms with Crippen LogP contribution in [0.15, 0.2) is 60.0 Å². The summed E-state index contributed by atoms with van der Waals surface area (Å²) < 4.78 is 49.5. The van der Waals surface area contributed by atoms with Crippen LogP contribution in [0.3, 0.4) is 0 Å². The second kappa shape index (κ2) is 9.66. The van der Waals surface area contributed by atoms with Crippen molar-refractivity contribution in [2.24, 2.45) is 0 Å². The first-order chi connectivity index (χ1) is 15.4. The molecule has 0 fully saturated rings. The van der Waals surface area contributed by atoms with Gasteiger partial charge < -0.3 is 9.47 Å². The average Bonchev–Trinajstić information content (AvgIpc) is 3.14. The van der Waals surface area contributed by atoms with Gasteiger partial charge in [-0.05, 0) is 44.0 Å². The van der Waals surface area contributed by atoms with Gasteiger partial charge >= 0.3 is 18.2 Å². The van der Waals surface area contributed by atoms with E-state index >= 15 is 0 Å². The van der Waals surface area contributed by atoms with Crippen molar-refractivity contribution in [2.75, 3.05) is 5.32 Å². The number of amides is 1. The number of halogens is 3. The molecule has 9 heteroatoms. The lowest BCUT2D eigenvalue weighted by atomic mass is 10.0. The van der Waals surface area contributed by atoms with Crippen LogP contribution in [0, 0.1) is 0 Å². The maximum atomic E-state index is 13.0. The lowest BCUT2D eigenvalue weighted by Crippen LogP contribution is -2.27. The van der Waals surface area contributed by atoms with Crippen LogP contribution >= 0.6 is 11.3 Å². The number of alkyl halides is 3. The highest BCUT2D eigenvalue weighted by Crippen LogP contribution is 2.38. The Morgan fingerprint density at radius 1 is 0.970 bits per heavy atom. The van der Waals surface area contributed by atoms with Crippen molar-refractivity contribution in [3.05, 3.63) is 76.7 Å². The highest BCUT2D eigenvalue weighted by Gasteiger charge is 2.31. The summed E-state index contributed by atoms with van der Waals surface area (Å²) in [4.78, 5) is 25.3. The van der Waals surface area contributed by atoms with Crippen LogP contribution in [-0.4, -0.2) is 17.7 Å². The summed E-state index contributed by atoms with van der Waals surface area (Å²) in [5, 5.41) is 4.30. The molecule has 3 rings (SSSR count). The zero-order chi connectivity index (χ0) is 24.2.